The predicted octanol–water partition coefficient (Wildman–Crippen LogP) is 0.387. The summed E-state index contributed by atoms with van der Waals surface area (Å²) in [5.74, 6) is 0.173. The lowest BCUT2D eigenvalue weighted by Crippen LogP contribution is -2.27. The van der Waals surface area contributed by atoms with Gasteiger partial charge in [-0.05, 0) is 0 Å². The van der Waals surface area contributed by atoms with Crippen LogP contribution in [-0.2, 0) is 6.42 Å². The lowest BCUT2D eigenvalue weighted by Gasteiger charge is -2.08. The van der Waals surface area contributed by atoms with E-state index >= 15 is 0 Å². The number of nitro groups is 1. The Kier molecular flexibility index (Phi) is 4.39. The van der Waals surface area contributed by atoms with E-state index in [2.05, 4.69) is 25.8 Å². The number of nitrogens with one attached hydrogen (secondary N) is 2. The van der Waals surface area contributed by atoms with E-state index < -0.39 is 10.8 Å². The average molecular weight is 292 g/mol. The molecule has 0 bridgehead atoms. The number of hydrogen-bond acceptors (Lipinski definition) is 8. The molecule has 2 N–H and O–H groups in total. The van der Waals surface area contributed by atoms with E-state index in [4.69, 9.17) is 4.52 Å². The molecule has 0 atom stereocenters. The molecule has 0 aliphatic rings. The van der Waals surface area contributed by atoms with E-state index in [1.54, 1.807) is 7.05 Å². The van der Waals surface area contributed by atoms with Crippen LogP contribution in [0.1, 0.15) is 16.2 Å². The normalized spacial score (nSPS) is 10.1. The monoisotopic (exact) mass is 292 g/mol. The van der Waals surface area contributed by atoms with Crippen molar-refractivity contribution in [2.75, 3.05) is 18.9 Å². The van der Waals surface area contributed by atoms with E-state index in [1.807, 2.05) is 0 Å². The molecule has 0 spiro atoms. The molecule has 110 valence electrons. The second kappa shape index (κ2) is 6.41. The molecule has 0 saturated carbocycles. The first-order valence-corrected chi connectivity index (χ1v) is 5.97. The van der Waals surface area contributed by atoms with Crippen LogP contribution in [0, 0.1) is 10.1 Å². The van der Waals surface area contributed by atoms with Crippen molar-refractivity contribution in [2.45, 2.75) is 6.42 Å². The molecule has 0 fully saturated rings. The van der Waals surface area contributed by atoms with Crippen LogP contribution < -0.4 is 10.6 Å². The molecule has 0 aliphatic carbocycles. The van der Waals surface area contributed by atoms with E-state index in [9.17, 15) is 14.9 Å². The SMILES string of the molecule is CNc1ncc([N+](=O)[O-])cc1C(=O)NCCc1ncno1. The fraction of sp³-hybridized carbons (Fsp3) is 0.273. The van der Waals surface area contributed by atoms with Crippen LogP contribution in [0.3, 0.4) is 0 Å². The van der Waals surface area contributed by atoms with Gasteiger partial charge in [-0.2, -0.15) is 4.98 Å². The van der Waals surface area contributed by atoms with Crippen molar-refractivity contribution in [2.24, 2.45) is 0 Å². The summed E-state index contributed by atoms with van der Waals surface area (Å²) in [5, 5.41) is 19.5. The topological polar surface area (TPSA) is 136 Å². The van der Waals surface area contributed by atoms with Gasteiger partial charge in [-0.15, -0.1) is 0 Å². The summed E-state index contributed by atoms with van der Waals surface area (Å²) < 4.78 is 4.79. The molecule has 1 amide bonds. The van der Waals surface area contributed by atoms with Gasteiger partial charge in [0.05, 0.1) is 10.5 Å². The van der Waals surface area contributed by atoms with Crippen LogP contribution in [0.15, 0.2) is 23.1 Å². The zero-order valence-electron chi connectivity index (χ0n) is 11.1. The van der Waals surface area contributed by atoms with Crippen LogP contribution in [0.25, 0.3) is 0 Å². The van der Waals surface area contributed by atoms with Crippen LogP contribution in [0.5, 0.6) is 0 Å². The van der Waals surface area contributed by atoms with Gasteiger partial charge in [-0.1, -0.05) is 5.16 Å². The average Bonchev–Trinajstić information content (AvgIpc) is 2.99. The Morgan fingerprint density at radius 1 is 1.48 bits per heavy atom. The summed E-state index contributed by atoms with van der Waals surface area (Å²) in [6, 6.07) is 1.17. The number of pyridine rings is 1. The maximum Gasteiger partial charge on any atom is 0.288 e. The molecule has 21 heavy (non-hydrogen) atoms. The highest BCUT2D eigenvalue weighted by atomic mass is 16.6. The zero-order chi connectivity index (χ0) is 15.2. The molecule has 2 aromatic rings. The van der Waals surface area contributed by atoms with Crippen molar-refractivity contribution in [1.82, 2.24) is 20.4 Å². The summed E-state index contributed by atoms with van der Waals surface area (Å²) in [4.78, 5) is 29.8. The number of rotatable bonds is 6. The number of amides is 1. The maximum atomic E-state index is 12.0. The molecule has 0 aromatic carbocycles. The Morgan fingerprint density at radius 3 is 2.90 bits per heavy atom. The lowest BCUT2D eigenvalue weighted by atomic mass is 10.2. The molecule has 2 heterocycles. The fourth-order valence-electron chi connectivity index (χ4n) is 1.61. The predicted molar refractivity (Wildman–Crippen MR) is 70.8 cm³/mol. The highest BCUT2D eigenvalue weighted by Gasteiger charge is 2.17. The molecule has 0 saturated heterocycles. The van der Waals surface area contributed by atoms with E-state index in [0.29, 0.717) is 12.3 Å². The van der Waals surface area contributed by atoms with Gasteiger partial charge in [-0.25, -0.2) is 4.98 Å². The first-order valence-electron chi connectivity index (χ1n) is 5.97. The summed E-state index contributed by atoms with van der Waals surface area (Å²) in [6.07, 6.45) is 2.71. The van der Waals surface area contributed by atoms with Gasteiger partial charge in [0.25, 0.3) is 11.6 Å². The van der Waals surface area contributed by atoms with Crippen molar-refractivity contribution >= 4 is 17.4 Å². The molecule has 10 nitrogen and oxygen atoms in total. The highest BCUT2D eigenvalue weighted by Crippen LogP contribution is 2.18. The molecule has 2 rings (SSSR count). The van der Waals surface area contributed by atoms with E-state index in [-0.39, 0.29) is 23.6 Å². The Balaban J connectivity index is 2.06. The quantitative estimate of drug-likeness (QED) is 0.576. The summed E-state index contributed by atoms with van der Waals surface area (Å²) >= 11 is 0. The second-order valence-corrected chi connectivity index (χ2v) is 3.94. The Labute approximate surface area is 118 Å². The minimum atomic E-state index is -0.609. The van der Waals surface area contributed by atoms with Gasteiger partial charge >= 0.3 is 0 Å². The van der Waals surface area contributed by atoms with Crippen LogP contribution in [0.2, 0.25) is 0 Å². The largest absolute Gasteiger partial charge is 0.372 e. The van der Waals surface area contributed by atoms with Crippen molar-refractivity contribution in [3.63, 3.8) is 0 Å². The van der Waals surface area contributed by atoms with Gasteiger partial charge in [0.2, 0.25) is 5.89 Å². The van der Waals surface area contributed by atoms with E-state index in [0.717, 1.165) is 6.20 Å². The minimum Gasteiger partial charge on any atom is -0.372 e. The summed E-state index contributed by atoms with van der Waals surface area (Å²) in [7, 11) is 1.57. The van der Waals surface area contributed by atoms with Crippen molar-refractivity contribution < 1.29 is 14.2 Å². The second-order valence-electron chi connectivity index (χ2n) is 3.94. The van der Waals surface area contributed by atoms with Crippen LogP contribution in [-0.4, -0.2) is 39.5 Å². The third kappa shape index (κ3) is 3.49. The lowest BCUT2D eigenvalue weighted by molar-refractivity contribution is -0.385. The van der Waals surface area contributed by atoms with Gasteiger partial charge < -0.3 is 15.2 Å². The van der Waals surface area contributed by atoms with Gasteiger partial charge in [0.1, 0.15) is 12.0 Å². The Hall–Kier alpha value is -3.04. The van der Waals surface area contributed by atoms with Crippen LogP contribution >= 0.6 is 0 Å². The molecule has 0 unspecified atom stereocenters. The third-order valence-corrected chi connectivity index (χ3v) is 2.60. The number of hydrogen-bond donors (Lipinski definition) is 2. The third-order valence-electron chi connectivity index (χ3n) is 2.60. The first-order chi connectivity index (χ1) is 10.1. The highest BCUT2D eigenvalue weighted by molar-refractivity contribution is 5.99. The Bertz CT molecular complexity index is 642. The fourth-order valence-corrected chi connectivity index (χ4v) is 1.61. The number of anilines is 1. The number of carbonyl (C=O) groups is 1. The molecular weight excluding hydrogens is 280 g/mol. The number of carbonyl (C=O) groups excluding carboxylic acids is 1. The number of aromatic nitrogens is 3. The molecule has 10 heteroatoms. The van der Waals surface area contributed by atoms with Gasteiger partial charge in [0.15, 0.2) is 6.33 Å². The maximum absolute atomic E-state index is 12.0. The minimum absolute atomic E-state index is 0.0947. The van der Waals surface area contributed by atoms with Gasteiger partial charge in [0, 0.05) is 26.1 Å². The first kappa shape index (κ1) is 14.4. The molecular formula is C11H12N6O4. The van der Waals surface area contributed by atoms with Crippen molar-refractivity contribution in [1.29, 1.82) is 0 Å². The standard InChI is InChI=1S/C11H12N6O4/c1-12-10-8(4-7(5-14-10)17(19)20)11(18)13-3-2-9-15-6-16-21-9/h4-6H,2-3H2,1H3,(H,12,14)(H,13,18). The molecule has 2 aromatic heterocycles. The Morgan fingerprint density at radius 2 is 2.29 bits per heavy atom. The summed E-state index contributed by atoms with van der Waals surface area (Å²) in [5.41, 5.74) is -0.159. The smallest absolute Gasteiger partial charge is 0.288 e. The van der Waals surface area contributed by atoms with Crippen LogP contribution in [0.4, 0.5) is 11.5 Å². The number of nitrogens with zero attached hydrogens (tertiary/aromatic N) is 4. The van der Waals surface area contributed by atoms with Gasteiger partial charge in [-0.3, -0.25) is 14.9 Å². The summed E-state index contributed by atoms with van der Waals surface area (Å²) in [6.45, 7) is 0.257. The molecule has 0 aliphatic heterocycles. The van der Waals surface area contributed by atoms with Crippen molar-refractivity contribution in [3.05, 3.63) is 40.2 Å². The zero-order valence-corrected chi connectivity index (χ0v) is 11.1. The van der Waals surface area contributed by atoms with E-state index in [1.165, 1.54) is 12.4 Å². The van der Waals surface area contributed by atoms with Crippen molar-refractivity contribution in [3.8, 4) is 0 Å². The molecule has 0 radical (unpaired) electrons.